The van der Waals surface area contributed by atoms with Gasteiger partial charge in [0, 0.05) is 38.3 Å². The molecule has 9 nitrogen and oxygen atoms in total. The number of ether oxygens (including phenoxy) is 2. The largest absolute Gasteiger partial charge is 0 e. The smallest absolute Gasteiger partial charge is 0 e. The maximum absolute atomic E-state index is 12.2. The van der Waals surface area contributed by atoms with Gasteiger partial charge in [-0.05, 0) is 20.0 Å². The zero-order valence-electron chi connectivity index (χ0n) is 18.1. The van der Waals surface area contributed by atoms with E-state index < -0.39 is 19.9 Å². The Balaban J connectivity index is -0.000000210. The van der Waals surface area contributed by atoms with E-state index in [1.165, 1.54) is 25.4 Å². The summed E-state index contributed by atoms with van der Waals surface area (Å²) in [4.78, 5) is 24.4. The van der Waals surface area contributed by atoms with Crippen molar-refractivity contribution in [3.8, 4) is 0 Å². The summed E-state index contributed by atoms with van der Waals surface area (Å²) in [6.45, 7) is 26.6. The van der Waals surface area contributed by atoms with Crippen molar-refractivity contribution < 1.29 is 63.4 Å². The van der Waals surface area contributed by atoms with Crippen LogP contribution in [-0.2, 0) is 63.4 Å². The van der Waals surface area contributed by atoms with Crippen LogP contribution in [0.5, 0.6) is 0 Å². The molecule has 2 heterocycles. The van der Waals surface area contributed by atoms with Crippen LogP contribution in [0, 0.1) is 33.3 Å². The number of hydrogen-bond acceptors (Lipinski definition) is 4. The maximum Gasteiger partial charge on any atom is 0 e. The Morgan fingerprint density at radius 3 is 1.36 bits per heavy atom. The molecule has 0 saturated heterocycles. The van der Waals surface area contributed by atoms with Gasteiger partial charge in [0.15, 0.2) is 0 Å². The van der Waals surface area contributed by atoms with Gasteiger partial charge in [-0.25, -0.2) is 9.59 Å². The topological polar surface area (TPSA) is 152 Å². The number of carbonyl (C=O) groups excluding carboxylic acids is 2. The van der Waals surface area contributed by atoms with Gasteiger partial charge in [0.2, 0.25) is 0 Å². The van der Waals surface area contributed by atoms with E-state index in [4.69, 9.17) is 44.3 Å². The van der Waals surface area contributed by atoms with Crippen LogP contribution in [0.4, 0.5) is 0 Å². The first-order valence-electron chi connectivity index (χ1n) is 8.06. The van der Waals surface area contributed by atoms with E-state index in [0.29, 0.717) is 17.0 Å². The van der Waals surface area contributed by atoms with Gasteiger partial charge < -0.3 is 9.47 Å². The van der Waals surface area contributed by atoms with E-state index in [2.05, 4.69) is 33.3 Å². The second-order valence-corrected chi connectivity index (χ2v) is 8.04. The van der Waals surface area contributed by atoms with Gasteiger partial charge in [0.1, 0.15) is 0 Å². The van der Waals surface area contributed by atoms with E-state index >= 15 is 0 Å². The molecule has 0 amide bonds. The first kappa shape index (κ1) is 41.5. The summed E-state index contributed by atoms with van der Waals surface area (Å²) in [6.07, 6.45) is 4.77. The minimum Gasteiger partial charge on any atom is 0 e. The molecule has 0 aromatic heterocycles. The minimum absolute atomic E-state index is 0. The van der Waals surface area contributed by atoms with E-state index in [1.54, 1.807) is 0 Å². The Labute approximate surface area is 213 Å². The number of allylic oxidation sites excluding steroid dienone is 4. The molecule has 2 rings (SSSR count). The standard InChI is InChI=1S/C16H20ClO4P.5CO.W/c1-9-10(2)14-12(16(19)21-4)11(15(18)20-3)13(9)22(14)8-6-5-7-17;5*1-2;/h5-6,13-14H,7-8H2,1-4H3;;;;;;/b6-5-;;;;;;/t13-,14+,22?;;;;;;. The maximum atomic E-state index is 12.2. The van der Waals surface area contributed by atoms with Gasteiger partial charge in [-0.1, -0.05) is 31.2 Å². The molecule has 0 fully saturated rings. The van der Waals surface area contributed by atoms with Crippen molar-refractivity contribution in [3.63, 3.8) is 0 Å². The summed E-state index contributed by atoms with van der Waals surface area (Å²) in [7, 11) is 2.09. The molecule has 12 heteroatoms. The number of fused-ring (bicyclic) bond motifs is 2. The predicted octanol–water partition coefficient (Wildman–Crippen LogP) is 2.82. The van der Waals surface area contributed by atoms with Crippen LogP contribution in [0.15, 0.2) is 34.4 Å². The Morgan fingerprint density at radius 2 is 1.12 bits per heavy atom. The second kappa shape index (κ2) is 26.5. The summed E-state index contributed by atoms with van der Waals surface area (Å²) < 4.78 is 47.3. The van der Waals surface area contributed by atoms with E-state index in [1.807, 2.05) is 26.0 Å². The van der Waals surface area contributed by atoms with Gasteiger partial charge in [0.25, 0.3) is 0 Å². The van der Waals surface area contributed by atoms with Crippen molar-refractivity contribution in [1.29, 1.82) is 0 Å². The summed E-state index contributed by atoms with van der Waals surface area (Å²) in [5.41, 5.74) is 3.33. The number of halogens is 1. The number of rotatable bonds is 5. The third-order valence-electron chi connectivity index (χ3n) is 4.33. The summed E-state index contributed by atoms with van der Waals surface area (Å²) in [5.74, 6) is -0.382. The molecule has 0 radical (unpaired) electrons. The number of carbonyl (C=O) groups is 2. The zero-order valence-corrected chi connectivity index (χ0v) is 22.7. The number of alkyl halides is 1. The summed E-state index contributed by atoms with van der Waals surface area (Å²) in [6, 6.07) is 0. The molecule has 2 bridgehead atoms. The molecule has 176 valence electrons. The van der Waals surface area contributed by atoms with Crippen LogP contribution in [0.2, 0.25) is 0 Å². The molecule has 2 aliphatic rings. The quantitative estimate of drug-likeness (QED) is 0.111. The fourth-order valence-electron chi connectivity index (χ4n) is 3.27. The van der Waals surface area contributed by atoms with Crippen molar-refractivity contribution in [2.45, 2.75) is 25.2 Å². The van der Waals surface area contributed by atoms with Crippen LogP contribution in [-0.4, -0.2) is 49.5 Å². The fourth-order valence-corrected chi connectivity index (χ4v) is 7.06. The van der Waals surface area contributed by atoms with Gasteiger partial charge in [0.05, 0.1) is 25.4 Å². The van der Waals surface area contributed by atoms with Crippen molar-refractivity contribution in [2.24, 2.45) is 0 Å². The number of hydrogen-bond donors (Lipinski definition) is 0. The van der Waals surface area contributed by atoms with Crippen molar-refractivity contribution in [2.75, 3.05) is 26.3 Å². The van der Waals surface area contributed by atoms with Crippen LogP contribution < -0.4 is 0 Å². The average molecular weight is 667 g/mol. The molecule has 33 heavy (non-hydrogen) atoms. The predicted molar refractivity (Wildman–Crippen MR) is 108 cm³/mol. The van der Waals surface area contributed by atoms with E-state index in [-0.39, 0.29) is 32.4 Å². The summed E-state index contributed by atoms with van der Waals surface area (Å²) >= 11 is 5.69. The average Bonchev–Trinajstić information content (AvgIpc) is 3.34. The van der Waals surface area contributed by atoms with Crippen molar-refractivity contribution in [3.05, 3.63) is 67.7 Å². The Bertz CT molecular complexity index is 730. The summed E-state index contributed by atoms with van der Waals surface area (Å²) in [5, 5.41) is 0. The third-order valence-corrected chi connectivity index (χ3v) is 7.75. The molecule has 0 saturated carbocycles. The molecule has 0 aliphatic carbocycles. The zero-order chi connectivity index (χ0) is 26.4. The molecule has 3 atom stereocenters. The minimum atomic E-state index is -0.597. The van der Waals surface area contributed by atoms with Gasteiger partial charge in [-0.3, -0.25) is 0 Å². The van der Waals surface area contributed by atoms with Gasteiger partial charge in [-0.2, -0.15) is 0 Å². The van der Waals surface area contributed by atoms with E-state index in [9.17, 15) is 9.59 Å². The fraction of sp³-hybridized carbons (Fsp3) is 0.381. The molecule has 0 spiro atoms. The van der Waals surface area contributed by atoms with Crippen LogP contribution >= 0.6 is 19.5 Å². The normalized spacial score (nSPS) is 18.3. The van der Waals surface area contributed by atoms with Gasteiger partial charge >= 0.3 is 68.5 Å². The van der Waals surface area contributed by atoms with Gasteiger partial charge in [-0.15, -0.1) is 11.6 Å². The van der Waals surface area contributed by atoms with Crippen LogP contribution in [0.25, 0.3) is 0 Å². The van der Waals surface area contributed by atoms with Crippen molar-refractivity contribution >= 4 is 31.5 Å². The Morgan fingerprint density at radius 1 is 0.818 bits per heavy atom. The monoisotopic (exact) mass is 666 g/mol. The first-order valence-corrected chi connectivity index (χ1v) is 10.3. The molecule has 0 aromatic carbocycles. The van der Waals surface area contributed by atoms with Crippen LogP contribution in [0.3, 0.4) is 0 Å². The second-order valence-electron chi connectivity index (χ2n) is 5.30. The molecule has 1 unspecified atom stereocenters. The molecule has 2 aliphatic heterocycles. The van der Waals surface area contributed by atoms with E-state index in [0.717, 1.165) is 6.16 Å². The number of methoxy groups -OCH3 is 2. The molecule has 0 aromatic rings. The van der Waals surface area contributed by atoms with Crippen LogP contribution in [0.1, 0.15) is 13.8 Å². The Kier molecular flexibility index (Phi) is 33.4. The molecular weight excluding hydrogens is 646 g/mol. The molecule has 0 N–H and O–H groups in total. The number of esters is 2. The SMILES string of the molecule is COC(=O)C1=C(C(=O)OC)[C@@H]2C(C)=C(C)[C@H]1P2C/C=C\CCl.[C-]#[O+].[C-]#[O+].[C-]#[O+].[C-]#[O+].[C-]#[O+].[W]. The first-order chi connectivity index (χ1) is 15.5. The third kappa shape index (κ3) is 10.8. The van der Waals surface area contributed by atoms with Crippen molar-refractivity contribution in [1.82, 2.24) is 0 Å². The molecular formula is C21H20ClO9PW. The Hall–Kier alpha value is -1.73.